The second-order valence-corrected chi connectivity index (χ2v) is 11.6. The zero-order valence-corrected chi connectivity index (χ0v) is 22.1. The Kier molecular flexibility index (Phi) is 6.26. The van der Waals surface area contributed by atoms with Crippen molar-refractivity contribution in [3.8, 4) is 5.75 Å². The predicted molar refractivity (Wildman–Crippen MR) is 138 cm³/mol. The largest absolute Gasteiger partial charge is 0.486 e. The van der Waals surface area contributed by atoms with Gasteiger partial charge < -0.3 is 14.4 Å². The van der Waals surface area contributed by atoms with Crippen molar-refractivity contribution in [3.05, 3.63) is 44.6 Å². The van der Waals surface area contributed by atoms with Crippen molar-refractivity contribution >= 4 is 17.0 Å². The van der Waals surface area contributed by atoms with E-state index >= 15 is 0 Å². The van der Waals surface area contributed by atoms with E-state index in [1.165, 1.54) is 59.2 Å². The van der Waals surface area contributed by atoms with Crippen molar-refractivity contribution < 1.29 is 9.47 Å². The highest BCUT2D eigenvalue weighted by molar-refractivity contribution is 7.08. The molecule has 3 aliphatic rings. The highest BCUT2D eigenvalue weighted by Gasteiger charge is 2.45. The zero-order chi connectivity index (χ0) is 23.3. The molecule has 0 amide bonds. The highest BCUT2D eigenvalue weighted by Crippen LogP contribution is 2.54. The molecule has 2 fully saturated rings. The van der Waals surface area contributed by atoms with Gasteiger partial charge in [0.25, 0.3) is 0 Å². The number of hydrogen-bond acceptors (Lipinski definition) is 5. The number of piperazine rings is 1. The fourth-order valence-electron chi connectivity index (χ4n) is 6.72. The summed E-state index contributed by atoms with van der Waals surface area (Å²) in [5.41, 5.74) is 8.15. The van der Waals surface area contributed by atoms with Crippen molar-refractivity contribution in [3.63, 3.8) is 0 Å². The molecular weight excluding hydrogens is 428 g/mol. The SMILES string of the molecule is COC1CCC(N2CCN(c3c(C)c(C)c4c(c3C)C(c3ccsc3)C(C)(C)O4)CC2)CC1. The van der Waals surface area contributed by atoms with Gasteiger partial charge in [-0.05, 0) is 99.4 Å². The molecule has 3 heterocycles. The van der Waals surface area contributed by atoms with Crippen LogP contribution in [0.2, 0.25) is 0 Å². The molecule has 180 valence electrons. The van der Waals surface area contributed by atoms with Crippen LogP contribution in [0.4, 0.5) is 5.69 Å². The number of anilines is 1. The maximum absolute atomic E-state index is 6.65. The minimum absolute atomic E-state index is 0.232. The van der Waals surface area contributed by atoms with Crippen LogP contribution >= 0.6 is 11.3 Å². The standard InChI is InChI=1S/C28H40N2O2S/c1-18-19(2)27-24(25(28(4,5)32-27)21-11-16-33-17-21)20(3)26(18)30-14-12-29(13-15-30)22-7-9-23(31-6)10-8-22/h11,16-17,22-23,25H,7-10,12-15H2,1-6H3. The van der Waals surface area contributed by atoms with Crippen LogP contribution in [0.25, 0.3) is 0 Å². The third kappa shape index (κ3) is 4.00. The quantitative estimate of drug-likeness (QED) is 0.545. The van der Waals surface area contributed by atoms with Crippen LogP contribution in [-0.4, -0.2) is 55.9 Å². The lowest BCUT2D eigenvalue weighted by atomic mass is 9.79. The summed E-state index contributed by atoms with van der Waals surface area (Å²) in [7, 11) is 1.86. The maximum Gasteiger partial charge on any atom is 0.127 e. The number of methoxy groups -OCH3 is 1. The molecule has 0 spiro atoms. The van der Waals surface area contributed by atoms with E-state index in [0.717, 1.165) is 38.0 Å². The van der Waals surface area contributed by atoms with E-state index in [1.54, 1.807) is 11.3 Å². The van der Waals surface area contributed by atoms with Crippen LogP contribution < -0.4 is 9.64 Å². The molecule has 0 radical (unpaired) electrons. The third-order valence-electron chi connectivity index (χ3n) is 8.61. The molecule has 1 atom stereocenters. The Hall–Kier alpha value is -1.56. The first-order valence-corrected chi connectivity index (χ1v) is 13.6. The molecule has 33 heavy (non-hydrogen) atoms. The van der Waals surface area contributed by atoms with E-state index in [-0.39, 0.29) is 11.5 Å². The van der Waals surface area contributed by atoms with Crippen LogP contribution in [0.5, 0.6) is 5.75 Å². The van der Waals surface area contributed by atoms with E-state index in [1.807, 2.05) is 7.11 Å². The van der Waals surface area contributed by atoms with Gasteiger partial charge in [-0.15, -0.1) is 0 Å². The van der Waals surface area contributed by atoms with Crippen LogP contribution in [0.15, 0.2) is 16.8 Å². The first kappa shape index (κ1) is 23.2. The third-order valence-corrected chi connectivity index (χ3v) is 9.31. The number of thiophene rings is 1. The molecule has 1 aliphatic carbocycles. The van der Waals surface area contributed by atoms with Crippen molar-refractivity contribution in [1.82, 2.24) is 4.90 Å². The summed E-state index contributed by atoms with van der Waals surface area (Å²) in [6.07, 6.45) is 5.46. The monoisotopic (exact) mass is 468 g/mol. The molecule has 1 unspecified atom stereocenters. The highest BCUT2D eigenvalue weighted by atomic mass is 32.1. The molecule has 2 aromatic rings. The number of ether oxygens (including phenoxy) is 2. The molecule has 1 saturated heterocycles. The van der Waals surface area contributed by atoms with E-state index in [9.17, 15) is 0 Å². The van der Waals surface area contributed by atoms with Crippen LogP contribution in [0, 0.1) is 20.8 Å². The summed E-state index contributed by atoms with van der Waals surface area (Å²) >= 11 is 1.78. The summed E-state index contributed by atoms with van der Waals surface area (Å²) in [4.78, 5) is 5.40. The molecule has 1 saturated carbocycles. The van der Waals surface area contributed by atoms with Crippen LogP contribution in [0.3, 0.4) is 0 Å². The Bertz CT molecular complexity index is 984. The van der Waals surface area contributed by atoms with Crippen LogP contribution in [-0.2, 0) is 4.74 Å². The van der Waals surface area contributed by atoms with Gasteiger partial charge in [-0.1, -0.05) is 0 Å². The number of fused-ring (bicyclic) bond motifs is 1. The fraction of sp³-hybridized carbons (Fsp3) is 0.643. The van der Waals surface area contributed by atoms with Gasteiger partial charge >= 0.3 is 0 Å². The first-order chi connectivity index (χ1) is 15.8. The lowest BCUT2D eigenvalue weighted by molar-refractivity contribution is 0.0371. The van der Waals surface area contributed by atoms with Crippen molar-refractivity contribution in [1.29, 1.82) is 0 Å². The minimum Gasteiger partial charge on any atom is -0.486 e. The van der Waals surface area contributed by atoms with Gasteiger partial charge in [0.05, 0.1) is 12.0 Å². The van der Waals surface area contributed by atoms with E-state index in [2.05, 4.69) is 61.2 Å². The minimum atomic E-state index is -0.232. The molecule has 1 aromatic heterocycles. The average Bonchev–Trinajstić information content (AvgIpc) is 3.43. The summed E-state index contributed by atoms with van der Waals surface area (Å²) in [5, 5.41) is 4.50. The summed E-state index contributed by atoms with van der Waals surface area (Å²) in [5.74, 6) is 1.41. The summed E-state index contributed by atoms with van der Waals surface area (Å²) in [6.45, 7) is 15.9. The van der Waals surface area contributed by atoms with Crippen LogP contribution in [0.1, 0.15) is 73.3 Å². The predicted octanol–water partition coefficient (Wildman–Crippen LogP) is 6.06. The number of nitrogens with zero attached hydrogens (tertiary/aromatic N) is 2. The molecule has 4 nitrogen and oxygen atoms in total. The Labute approximate surface area is 203 Å². The first-order valence-electron chi connectivity index (χ1n) is 12.7. The summed E-state index contributed by atoms with van der Waals surface area (Å²) < 4.78 is 12.2. The Morgan fingerprint density at radius 3 is 2.27 bits per heavy atom. The second kappa shape index (κ2) is 8.90. The van der Waals surface area contributed by atoms with Gasteiger partial charge in [0, 0.05) is 50.6 Å². The lowest BCUT2D eigenvalue weighted by Crippen LogP contribution is -2.51. The average molecular weight is 469 g/mol. The van der Waals surface area contributed by atoms with E-state index < -0.39 is 0 Å². The zero-order valence-electron chi connectivity index (χ0n) is 21.2. The number of rotatable bonds is 4. The molecule has 5 rings (SSSR count). The number of hydrogen-bond donors (Lipinski definition) is 0. The van der Waals surface area contributed by atoms with Crippen molar-refractivity contribution in [2.45, 2.75) is 84.0 Å². The van der Waals surface area contributed by atoms with E-state index in [0.29, 0.717) is 6.10 Å². The fourth-order valence-corrected chi connectivity index (χ4v) is 7.40. The lowest BCUT2D eigenvalue weighted by Gasteiger charge is -2.43. The smallest absolute Gasteiger partial charge is 0.127 e. The maximum atomic E-state index is 6.65. The van der Waals surface area contributed by atoms with Gasteiger partial charge in [0.1, 0.15) is 11.4 Å². The van der Waals surface area contributed by atoms with E-state index in [4.69, 9.17) is 9.47 Å². The van der Waals surface area contributed by atoms with Gasteiger partial charge in [-0.3, -0.25) is 4.90 Å². The molecule has 5 heteroatoms. The van der Waals surface area contributed by atoms with Gasteiger partial charge in [-0.2, -0.15) is 11.3 Å². The normalized spacial score (nSPS) is 27.5. The van der Waals surface area contributed by atoms with Crippen molar-refractivity contribution in [2.24, 2.45) is 0 Å². The van der Waals surface area contributed by atoms with Crippen molar-refractivity contribution in [2.75, 3.05) is 38.2 Å². The molecule has 0 bridgehead atoms. The molecular formula is C28H40N2O2S. The topological polar surface area (TPSA) is 24.9 Å². The van der Waals surface area contributed by atoms with Gasteiger partial charge in [0.2, 0.25) is 0 Å². The molecule has 1 aromatic carbocycles. The second-order valence-electron chi connectivity index (χ2n) is 10.9. The van der Waals surface area contributed by atoms with Gasteiger partial charge in [0.15, 0.2) is 0 Å². The Morgan fingerprint density at radius 1 is 0.970 bits per heavy atom. The summed E-state index contributed by atoms with van der Waals surface area (Å²) in [6, 6.07) is 3.01. The number of benzene rings is 1. The Morgan fingerprint density at radius 2 is 1.67 bits per heavy atom. The molecule has 0 N–H and O–H groups in total. The Balaban J connectivity index is 1.41. The van der Waals surface area contributed by atoms with Gasteiger partial charge in [-0.25, -0.2) is 0 Å². The molecule has 2 aliphatic heterocycles.